The lowest BCUT2D eigenvalue weighted by Gasteiger charge is -2.28. The Kier molecular flexibility index (Phi) is 8.39. The molecule has 208 valence electrons. The van der Waals surface area contributed by atoms with E-state index in [1.54, 1.807) is 30.3 Å². The van der Waals surface area contributed by atoms with Gasteiger partial charge in [-0.25, -0.2) is 10.3 Å². The maximum atomic E-state index is 13.1. The number of piperidine rings is 1. The van der Waals surface area contributed by atoms with Gasteiger partial charge in [-0.15, -0.1) is 0 Å². The van der Waals surface area contributed by atoms with Gasteiger partial charge >= 0.3 is 5.97 Å². The van der Waals surface area contributed by atoms with Crippen LogP contribution >= 0.6 is 0 Å². The number of likely N-dealkylation sites (tertiary alicyclic amines) is 1. The fourth-order valence-corrected chi connectivity index (χ4v) is 4.92. The van der Waals surface area contributed by atoms with E-state index in [1.807, 2.05) is 30.3 Å². The van der Waals surface area contributed by atoms with Crippen molar-refractivity contribution in [1.82, 2.24) is 10.4 Å². The number of nitrogens with one attached hydrogen (secondary N) is 3. The first-order valence-corrected chi connectivity index (χ1v) is 13.3. The summed E-state index contributed by atoms with van der Waals surface area (Å²) < 4.78 is 0. The van der Waals surface area contributed by atoms with E-state index >= 15 is 0 Å². The summed E-state index contributed by atoms with van der Waals surface area (Å²) in [4.78, 5) is 44.7. The quantitative estimate of drug-likeness (QED) is 0.176. The van der Waals surface area contributed by atoms with Gasteiger partial charge in [-0.05, 0) is 67.9 Å². The predicted octanol–water partition coefficient (Wildman–Crippen LogP) is 4.21. The first-order valence-electron chi connectivity index (χ1n) is 13.3. The first-order chi connectivity index (χ1) is 19.9. The van der Waals surface area contributed by atoms with Crippen molar-refractivity contribution in [3.63, 3.8) is 0 Å². The molecule has 10 heteroatoms. The number of nitrogens with zero attached hydrogens (tertiary/aromatic N) is 2. The maximum Gasteiger partial charge on any atom is 0.335 e. The number of benzene rings is 3. The molecule has 2 heterocycles. The summed E-state index contributed by atoms with van der Waals surface area (Å²) in [5.74, 6) is -1.68. The summed E-state index contributed by atoms with van der Waals surface area (Å²) >= 11 is 0. The van der Waals surface area contributed by atoms with E-state index in [9.17, 15) is 19.5 Å². The largest absolute Gasteiger partial charge is 0.478 e. The van der Waals surface area contributed by atoms with Gasteiger partial charge in [-0.1, -0.05) is 36.4 Å². The van der Waals surface area contributed by atoms with Crippen molar-refractivity contribution in [3.05, 3.63) is 95.1 Å². The molecule has 3 aromatic carbocycles. The highest BCUT2D eigenvalue weighted by Crippen LogP contribution is 2.38. The Morgan fingerprint density at radius 2 is 1.71 bits per heavy atom. The van der Waals surface area contributed by atoms with Gasteiger partial charge < -0.3 is 20.6 Å². The van der Waals surface area contributed by atoms with Gasteiger partial charge in [0.25, 0.3) is 11.8 Å². The van der Waals surface area contributed by atoms with Crippen LogP contribution in [-0.4, -0.2) is 54.0 Å². The highest BCUT2D eigenvalue weighted by molar-refractivity contribution is 6.37. The lowest BCUT2D eigenvalue weighted by Crippen LogP contribution is -2.37. The first kappa shape index (κ1) is 27.6. The van der Waals surface area contributed by atoms with Crippen LogP contribution < -0.4 is 16.1 Å². The molecule has 1 saturated heterocycles. The molecule has 4 N–H and O–H groups in total. The molecule has 0 radical (unpaired) electrons. The van der Waals surface area contributed by atoms with E-state index in [1.165, 1.54) is 12.1 Å². The fourth-order valence-electron chi connectivity index (χ4n) is 4.92. The summed E-state index contributed by atoms with van der Waals surface area (Å²) in [5, 5.41) is 24.4. The number of hydroxylamine groups is 1. The van der Waals surface area contributed by atoms with Gasteiger partial charge in [0.2, 0.25) is 0 Å². The minimum Gasteiger partial charge on any atom is -0.478 e. The minimum absolute atomic E-state index is 0.0811. The Morgan fingerprint density at radius 3 is 2.39 bits per heavy atom. The zero-order chi connectivity index (χ0) is 28.8. The Hall–Kier alpha value is -4.98. The second kappa shape index (κ2) is 12.5. The van der Waals surface area contributed by atoms with E-state index in [2.05, 4.69) is 27.1 Å². The van der Waals surface area contributed by atoms with Gasteiger partial charge in [0.1, 0.15) is 0 Å². The summed E-state index contributed by atoms with van der Waals surface area (Å²) in [6, 6.07) is 23.0. The van der Waals surface area contributed by atoms with Crippen molar-refractivity contribution in [3.8, 4) is 6.07 Å². The lowest BCUT2D eigenvalue weighted by molar-refractivity contribution is -0.110. The highest BCUT2D eigenvalue weighted by Gasteiger charge is 2.29. The van der Waals surface area contributed by atoms with Crippen LogP contribution in [0.2, 0.25) is 0 Å². The molecule has 2 aliphatic heterocycles. The molecule has 41 heavy (non-hydrogen) atoms. The fraction of sp³-hybridized carbons (Fsp3) is 0.226. The normalized spacial score (nSPS) is 16.3. The van der Waals surface area contributed by atoms with Crippen LogP contribution in [0.4, 0.5) is 11.4 Å². The number of carboxylic acid groups (broad SMARTS) is 1. The number of rotatable bonds is 9. The maximum absolute atomic E-state index is 13.1. The zero-order valence-electron chi connectivity index (χ0n) is 22.2. The van der Waals surface area contributed by atoms with Crippen molar-refractivity contribution >= 4 is 40.4 Å². The van der Waals surface area contributed by atoms with Crippen LogP contribution in [0.25, 0.3) is 11.3 Å². The number of anilines is 2. The van der Waals surface area contributed by atoms with E-state index < -0.39 is 5.97 Å². The van der Waals surface area contributed by atoms with Crippen LogP contribution in [0.3, 0.4) is 0 Å². The molecule has 2 aliphatic rings. The van der Waals surface area contributed by atoms with Gasteiger partial charge in [-0.3, -0.25) is 14.4 Å². The molecule has 0 aromatic heterocycles. The number of nitriles is 1. The smallest absolute Gasteiger partial charge is 0.335 e. The third kappa shape index (κ3) is 6.44. The van der Waals surface area contributed by atoms with E-state index in [0.717, 1.165) is 31.5 Å². The molecule has 0 saturated carbocycles. The van der Waals surface area contributed by atoms with E-state index in [4.69, 9.17) is 10.1 Å². The molecule has 0 atom stereocenters. The van der Waals surface area contributed by atoms with Crippen molar-refractivity contribution < 1.29 is 24.3 Å². The molecule has 0 bridgehead atoms. The standard InChI is InChI=1S/C31H29N5O5/c32-19-20-12-14-36(15-13-20)16-17-41-35-29(37)22-6-9-24(10-7-22)33-28(21-4-2-1-3-5-21)27-25-11-8-23(31(39)40)18-26(25)34-30(27)38/h1-11,18,20,33H,12-17H2,(H,34,38)(H,35,37)(H,39,40)/b28-27+. The van der Waals surface area contributed by atoms with Crippen LogP contribution in [0.1, 0.15) is 44.7 Å². The van der Waals surface area contributed by atoms with Crippen molar-refractivity contribution in [2.24, 2.45) is 5.92 Å². The predicted molar refractivity (Wildman–Crippen MR) is 154 cm³/mol. The van der Waals surface area contributed by atoms with E-state index in [0.29, 0.717) is 46.9 Å². The van der Waals surface area contributed by atoms with Crippen LogP contribution in [-0.2, 0) is 9.63 Å². The molecule has 0 aliphatic carbocycles. The Morgan fingerprint density at radius 1 is 1.00 bits per heavy atom. The third-order valence-corrected chi connectivity index (χ3v) is 7.18. The van der Waals surface area contributed by atoms with Gasteiger partial charge in [0.05, 0.1) is 35.2 Å². The number of amides is 2. The number of carbonyl (C=O) groups excluding carboxylic acids is 2. The van der Waals surface area contributed by atoms with E-state index in [-0.39, 0.29) is 23.3 Å². The number of hydrogen-bond acceptors (Lipinski definition) is 7. The van der Waals surface area contributed by atoms with Crippen LogP contribution in [0.15, 0.2) is 72.8 Å². The number of aromatic carboxylic acids is 1. The van der Waals surface area contributed by atoms with Crippen molar-refractivity contribution in [1.29, 1.82) is 5.26 Å². The number of fused-ring (bicyclic) bond motifs is 1. The van der Waals surface area contributed by atoms with Gasteiger partial charge in [0.15, 0.2) is 0 Å². The average Bonchev–Trinajstić information content (AvgIpc) is 3.33. The summed E-state index contributed by atoms with van der Waals surface area (Å²) in [7, 11) is 0. The molecular formula is C31H29N5O5. The zero-order valence-corrected chi connectivity index (χ0v) is 22.2. The second-order valence-corrected chi connectivity index (χ2v) is 9.86. The Labute approximate surface area is 237 Å². The van der Waals surface area contributed by atoms with Crippen molar-refractivity contribution in [2.75, 3.05) is 36.9 Å². The second-order valence-electron chi connectivity index (χ2n) is 9.86. The average molecular weight is 552 g/mol. The number of hydrogen-bond donors (Lipinski definition) is 4. The van der Waals surface area contributed by atoms with Crippen LogP contribution in [0, 0.1) is 17.2 Å². The van der Waals surface area contributed by atoms with Gasteiger partial charge in [0, 0.05) is 29.3 Å². The lowest BCUT2D eigenvalue weighted by atomic mass is 9.99. The monoisotopic (exact) mass is 551 g/mol. The Balaban J connectivity index is 1.27. The summed E-state index contributed by atoms with van der Waals surface area (Å²) in [6.45, 7) is 2.71. The third-order valence-electron chi connectivity index (χ3n) is 7.18. The Bertz CT molecular complexity index is 1520. The van der Waals surface area contributed by atoms with Crippen molar-refractivity contribution in [2.45, 2.75) is 12.8 Å². The molecule has 3 aromatic rings. The SMILES string of the molecule is N#CC1CCN(CCONC(=O)c2ccc(N/C(=C3/C(=O)Nc4cc(C(=O)O)ccc43)c3ccccc3)cc2)CC1. The number of carboxylic acids is 1. The minimum atomic E-state index is -1.08. The van der Waals surface area contributed by atoms with Crippen LogP contribution in [0.5, 0.6) is 0 Å². The molecule has 10 nitrogen and oxygen atoms in total. The number of carbonyl (C=O) groups is 3. The molecular weight excluding hydrogens is 522 g/mol. The molecule has 5 rings (SSSR count). The molecule has 0 spiro atoms. The highest BCUT2D eigenvalue weighted by atomic mass is 16.7. The summed E-state index contributed by atoms with van der Waals surface area (Å²) in [5.41, 5.74) is 6.33. The molecule has 1 fully saturated rings. The molecule has 2 amide bonds. The van der Waals surface area contributed by atoms with Gasteiger partial charge in [-0.2, -0.15) is 5.26 Å². The molecule has 0 unspecified atom stereocenters. The topological polar surface area (TPSA) is 144 Å². The summed E-state index contributed by atoms with van der Waals surface area (Å²) in [6.07, 6.45) is 1.71.